The normalized spacial score (nSPS) is 24.5. The molecule has 1 fully saturated rings. The second-order valence-corrected chi connectivity index (χ2v) is 12.8. The minimum atomic E-state index is -4.42. The largest absolute Gasteiger partial charge is 0.416 e. The van der Waals surface area contributed by atoms with Gasteiger partial charge in [-0.3, -0.25) is 4.90 Å². The summed E-state index contributed by atoms with van der Waals surface area (Å²) in [6.45, 7) is 9.88. The van der Waals surface area contributed by atoms with Crippen LogP contribution in [-0.4, -0.2) is 49.7 Å². The van der Waals surface area contributed by atoms with E-state index in [2.05, 4.69) is 4.90 Å². The van der Waals surface area contributed by atoms with Crippen LogP contribution < -0.4 is 0 Å². The van der Waals surface area contributed by atoms with Gasteiger partial charge in [-0.25, -0.2) is 4.98 Å². The third-order valence-corrected chi connectivity index (χ3v) is 8.67. The van der Waals surface area contributed by atoms with Gasteiger partial charge < -0.3 is 9.67 Å². The van der Waals surface area contributed by atoms with Gasteiger partial charge >= 0.3 is 6.18 Å². The molecular formula is C28H36Cl2F3N3O. The molecule has 2 aromatic rings. The minimum Gasteiger partial charge on any atom is -0.390 e. The number of rotatable bonds is 6. The molecule has 9 heteroatoms. The summed E-state index contributed by atoms with van der Waals surface area (Å²) in [5.41, 5.74) is 1.17. The van der Waals surface area contributed by atoms with E-state index in [-0.39, 0.29) is 5.92 Å². The lowest BCUT2D eigenvalue weighted by atomic mass is 9.82. The first-order valence-electron chi connectivity index (χ1n) is 12.8. The number of halogens is 5. The zero-order valence-corrected chi connectivity index (χ0v) is 23.6. The average molecular weight is 559 g/mol. The van der Waals surface area contributed by atoms with E-state index < -0.39 is 22.2 Å². The smallest absolute Gasteiger partial charge is 0.390 e. The molecule has 37 heavy (non-hydrogen) atoms. The summed E-state index contributed by atoms with van der Waals surface area (Å²) in [5, 5.41) is 10.8. The molecule has 1 aromatic carbocycles. The van der Waals surface area contributed by atoms with Crippen LogP contribution in [0.25, 0.3) is 11.0 Å². The van der Waals surface area contributed by atoms with E-state index in [1.165, 1.54) is 0 Å². The van der Waals surface area contributed by atoms with Gasteiger partial charge in [0.15, 0.2) is 0 Å². The monoisotopic (exact) mass is 557 g/mol. The Bertz CT molecular complexity index is 1220. The van der Waals surface area contributed by atoms with Crippen molar-refractivity contribution in [2.75, 3.05) is 19.6 Å². The average Bonchev–Trinajstić information content (AvgIpc) is 3.09. The van der Waals surface area contributed by atoms with Crippen LogP contribution in [0.2, 0.25) is 0 Å². The van der Waals surface area contributed by atoms with E-state index in [9.17, 15) is 18.3 Å². The third kappa shape index (κ3) is 6.38. The van der Waals surface area contributed by atoms with Crippen molar-refractivity contribution in [1.29, 1.82) is 0 Å². The molecular weight excluding hydrogens is 522 g/mol. The van der Waals surface area contributed by atoms with Gasteiger partial charge in [0.2, 0.25) is 0 Å². The van der Waals surface area contributed by atoms with E-state index in [4.69, 9.17) is 28.2 Å². The van der Waals surface area contributed by atoms with E-state index in [1.54, 1.807) is 18.5 Å². The molecule has 0 bridgehead atoms. The van der Waals surface area contributed by atoms with Gasteiger partial charge in [0.1, 0.15) is 5.82 Å². The number of piperidine rings is 1. The molecule has 2 heterocycles. The van der Waals surface area contributed by atoms with Gasteiger partial charge in [-0.05, 0) is 89.2 Å². The SMILES string of the molecule is Cc1cc(C(F)(F)F)cc2c1nc(CC1C(Cl)=C(CN3CCC(CC(C)(C)O)CC3)C=CC1(C)Cl)n2C. The van der Waals surface area contributed by atoms with Crippen molar-refractivity contribution in [2.24, 2.45) is 18.9 Å². The first-order valence-corrected chi connectivity index (χ1v) is 13.6. The molecule has 2 atom stereocenters. The summed E-state index contributed by atoms with van der Waals surface area (Å²) in [7, 11) is 1.74. The van der Waals surface area contributed by atoms with Gasteiger partial charge in [-0.1, -0.05) is 23.8 Å². The molecule has 1 aliphatic carbocycles. The highest BCUT2D eigenvalue weighted by Gasteiger charge is 2.38. The maximum Gasteiger partial charge on any atom is 0.416 e. The van der Waals surface area contributed by atoms with E-state index >= 15 is 0 Å². The molecule has 0 radical (unpaired) electrons. The Hall–Kier alpha value is -1.54. The second-order valence-electron chi connectivity index (χ2n) is 11.6. The van der Waals surface area contributed by atoms with Crippen molar-refractivity contribution >= 4 is 34.2 Å². The molecule has 1 aliphatic heterocycles. The Morgan fingerprint density at radius 2 is 1.84 bits per heavy atom. The number of hydrogen-bond acceptors (Lipinski definition) is 3. The summed E-state index contributed by atoms with van der Waals surface area (Å²) < 4.78 is 41.9. The number of aromatic nitrogens is 2. The first-order chi connectivity index (χ1) is 17.0. The number of alkyl halides is 4. The number of nitrogens with zero attached hydrogens (tertiary/aromatic N) is 3. The van der Waals surface area contributed by atoms with Crippen molar-refractivity contribution in [3.63, 3.8) is 0 Å². The van der Waals surface area contributed by atoms with Gasteiger partial charge in [-0.2, -0.15) is 13.2 Å². The van der Waals surface area contributed by atoms with Crippen LogP contribution >= 0.6 is 23.2 Å². The van der Waals surface area contributed by atoms with Crippen molar-refractivity contribution in [3.8, 4) is 0 Å². The van der Waals surface area contributed by atoms with Gasteiger partial charge in [-0.15, -0.1) is 11.6 Å². The van der Waals surface area contributed by atoms with Crippen LogP contribution in [0.5, 0.6) is 0 Å². The van der Waals surface area contributed by atoms with Crippen LogP contribution in [0.4, 0.5) is 13.2 Å². The van der Waals surface area contributed by atoms with Crippen molar-refractivity contribution in [1.82, 2.24) is 14.5 Å². The summed E-state index contributed by atoms with van der Waals surface area (Å²) in [6.07, 6.45) is 2.84. The third-order valence-electron chi connectivity index (χ3n) is 7.78. The van der Waals surface area contributed by atoms with Crippen LogP contribution in [-0.2, 0) is 19.6 Å². The predicted molar refractivity (Wildman–Crippen MR) is 144 cm³/mol. The minimum absolute atomic E-state index is 0.263. The molecule has 1 saturated heterocycles. The maximum absolute atomic E-state index is 13.4. The molecule has 1 aromatic heterocycles. The van der Waals surface area contributed by atoms with Crippen LogP contribution in [0.1, 0.15) is 57.0 Å². The molecule has 0 saturated carbocycles. The molecule has 2 unspecified atom stereocenters. The second kappa shape index (κ2) is 10.2. The number of benzene rings is 1. The molecule has 4 nitrogen and oxygen atoms in total. The number of aliphatic hydroxyl groups is 1. The molecule has 0 spiro atoms. The standard InChI is InChI=1S/C28H36Cl2F3N3O/c1-17-12-20(28(31,32)33)13-22-25(17)34-23(35(22)5)14-21-24(29)19(6-9-27(21,4)30)16-36-10-7-18(8-11-36)15-26(2,3)37/h6,9,12-13,18,21,37H,7-8,10-11,14-16H2,1-5H3. The topological polar surface area (TPSA) is 41.3 Å². The number of aryl methyl sites for hydroxylation is 2. The number of hydrogen-bond donors (Lipinski definition) is 1. The van der Waals surface area contributed by atoms with E-state index in [0.717, 1.165) is 50.1 Å². The predicted octanol–water partition coefficient (Wildman–Crippen LogP) is 6.99. The van der Waals surface area contributed by atoms with E-state index in [0.29, 0.717) is 46.3 Å². The molecule has 1 N–H and O–H groups in total. The Morgan fingerprint density at radius 3 is 2.43 bits per heavy atom. The Balaban J connectivity index is 1.55. The van der Waals surface area contributed by atoms with Gasteiger partial charge in [0.05, 0.1) is 27.1 Å². The van der Waals surface area contributed by atoms with Crippen LogP contribution in [0.15, 0.2) is 34.9 Å². The van der Waals surface area contributed by atoms with Crippen LogP contribution in [0.3, 0.4) is 0 Å². The zero-order valence-electron chi connectivity index (χ0n) is 22.1. The zero-order chi connectivity index (χ0) is 27.3. The lowest BCUT2D eigenvalue weighted by molar-refractivity contribution is -0.137. The van der Waals surface area contributed by atoms with Gasteiger partial charge in [0, 0.05) is 31.0 Å². The number of allylic oxidation sites excluding steroid dienone is 2. The molecule has 204 valence electrons. The van der Waals surface area contributed by atoms with Crippen molar-refractivity contribution in [3.05, 3.63) is 51.8 Å². The fraction of sp³-hybridized carbons (Fsp3) is 0.607. The molecule has 0 amide bonds. The highest BCUT2D eigenvalue weighted by atomic mass is 35.5. The first kappa shape index (κ1) is 28.5. The van der Waals surface area contributed by atoms with Gasteiger partial charge in [0.25, 0.3) is 0 Å². The highest BCUT2D eigenvalue weighted by molar-refractivity contribution is 6.33. The van der Waals surface area contributed by atoms with Crippen molar-refractivity contribution in [2.45, 2.75) is 70.0 Å². The van der Waals surface area contributed by atoms with E-state index in [1.807, 2.05) is 32.9 Å². The van der Waals surface area contributed by atoms with Crippen molar-refractivity contribution < 1.29 is 18.3 Å². The number of imidazole rings is 1. The summed E-state index contributed by atoms with van der Waals surface area (Å²) in [6, 6.07) is 2.30. The highest BCUT2D eigenvalue weighted by Crippen LogP contribution is 2.43. The molecule has 2 aliphatic rings. The summed E-state index contributed by atoms with van der Waals surface area (Å²) >= 11 is 13.9. The lowest BCUT2D eigenvalue weighted by Gasteiger charge is -2.37. The fourth-order valence-electron chi connectivity index (χ4n) is 5.68. The summed E-state index contributed by atoms with van der Waals surface area (Å²) in [5.74, 6) is 0.899. The maximum atomic E-state index is 13.4. The summed E-state index contributed by atoms with van der Waals surface area (Å²) in [4.78, 5) is 6.35. The molecule has 4 rings (SSSR count). The quantitative estimate of drug-likeness (QED) is 0.389. The number of likely N-dealkylation sites (tertiary alicyclic amines) is 1. The Labute approximate surface area is 227 Å². The number of fused-ring (bicyclic) bond motifs is 1. The Morgan fingerprint density at radius 1 is 1.19 bits per heavy atom. The Kier molecular flexibility index (Phi) is 7.86. The van der Waals surface area contributed by atoms with Crippen LogP contribution in [0, 0.1) is 18.8 Å². The fourth-order valence-corrected chi connectivity index (χ4v) is 6.41. The lowest BCUT2D eigenvalue weighted by Crippen LogP contribution is -2.39.